The second kappa shape index (κ2) is 7.16. The van der Waals surface area contributed by atoms with Gasteiger partial charge >= 0.3 is 6.18 Å². The molecule has 0 saturated carbocycles. The van der Waals surface area contributed by atoms with E-state index in [-0.39, 0.29) is 23.2 Å². The molecule has 2 bridgehead atoms. The first-order valence-corrected chi connectivity index (χ1v) is 10.7. The molecule has 3 saturated heterocycles. The number of benzene rings is 1. The molecule has 0 aliphatic carbocycles. The molecule has 0 unspecified atom stereocenters. The Morgan fingerprint density at radius 3 is 2.62 bits per heavy atom. The summed E-state index contributed by atoms with van der Waals surface area (Å²) in [6.07, 6.45) is -2.25. The molecule has 4 heterocycles. The Bertz CT molecular complexity index is 930. The predicted octanol–water partition coefficient (Wildman–Crippen LogP) is 4.75. The number of aryl methyl sites for hydroxylation is 1. The van der Waals surface area contributed by atoms with Crippen LogP contribution in [-0.2, 0) is 0 Å². The third-order valence-electron chi connectivity index (χ3n) is 6.32. The number of thiophene rings is 1. The van der Waals surface area contributed by atoms with Gasteiger partial charge in [-0.2, -0.15) is 13.2 Å². The number of nitrogens with zero attached hydrogens (tertiary/aromatic N) is 1. The van der Waals surface area contributed by atoms with Crippen molar-refractivity contribution in [3.8, 4) is 5.75 Å². The van der Waals surface area contributed by atoms with Crippen LogP contribution in [0.2, 0.25) is 0 Å². The number of rotatable bonds is 4. The average Bonchev–Trinajstić information content (AvgIpc) is 3.08. The number of alkyl halides is 3. The molecule has 2 aromatic rings. The van der Waals surface area contributed by atoms with E-state index in [0.29, 0.717) is 21.1 Å². The summed E-state index contributed by atoms with van der Waals surface area (Å²) in [6.45, 7) is 6.82. The number of hydrogen-bond acceptors (Lipinski definition) is 4. The van der Waals surface area contributed by atoms with E-state index in [0.717, 1.165) is 31.3 Å². The first-order chi connectivity index (χ1) is 13.6. The fourth-order valence-corrected chi connectivity index (χ4v) is 5.83. The number of amides is 1. The van der Waals surface area contributed by atoms with Crippen LogP contribution < -0.4 is 10.1 Å². The average molecular weight is 427 g/mol. The fraction of sp³-hybridized carbons (Fsp3) is 0.571. The molecule has 1 aromatic carbocycles. The zero-order valence-electron chi connectivity index (χ0n) is 16.7. The zero-order chi connectivity index (χ0) is 21.0. The predicted molar refractivity (Wildman–Crippen MR) is 108 cm³/mol. The van der Waals surface area contributed by atoms with Gasteiger partial charge in [0.05, 0.1) is 9.58 Å². The van der Waals surface area contributed by atoms with Gasteiger partial charge in [-0.1, -0.05) is 12.1 Å². The molecule has 1 amide bonds. The molecular weight excluding hydrogens is 401 g/mol. The van der Waals surface area contributed by atoms with Crippen molar-refractivity contribution in [2.45, 2.75) is 51.4 Å². The maximum absolute atomic E-state index is 13.0. The molecule has 1 aromatic heterocycles. The lowest BCUT2D eigenvalue weighted by atomic mass is 9.72. The number of carbonyl (C=O) groups excluding carboxylic acids is 1. The van der Waals surface area contributed by atoms with Crippen LogP contribution in [-0.4, -0.2) is 48.3 Å². The Morgan fingerprint density at radius 2 is 2.00 bits per heavy atom. The van der Waals surface area contributed by atoms with Crippen LogP contribution in [0.1, 0.15) is 41.9 Å². The van der Waals surface area contributed by atoms with Crippen LogP contribution in [0.5, 0.6) is 5.75 Å². The van der Waals surface area contributed by atoms with E-state index in [1.54, 1.807) is 19.1 Å². The molecular formula is C21H25F3N2O2S. The van der Waals surface area contributed by atoms with Crippen LogP contribution in [0.3, 0.4) is 0 Å². The number of nitrogens with one attached hydrogen (secondary N) is 1. The van der Waals surface area contributed by atoms with Gasteiger partial charge in [0.2, 0.25) is 0 Å². The Balaban J connectivity index is 1.59. The van der Waals surface area contributed by atoms with Crippen molar-refractivity contribution in [3.63, 3.8) is 0 Å². The number of piperidine rings is 3. The minimum atomic E-state index is -4.41. The maximum Gasteiger partial charge on any atom is 0.422 e. The van der Waals surface area contributed by atoms with E-state index in [4.69, 9.17) is 4.74 Å². The first-order valence-electron chi connectivity index (χ1n) is 9.85. The highest BCUT2D eigenvalue weighted by Gasteiger charge is 2.48. The summed E-state index contributed by atoms with van der Waals surface area (Å²) >= 11 is 1.19. The molecule has 158 valence electrons. The van der Waals surface area contributed by atoms with Gasteiger partial charge in [0, 0.05) is 11.6 Å². The van der Waals surface area contributed by atoms with Crippen molar-refractivity contribution >= 4 is 27.3 Å². The van der Waals surface area contributed by atoms with Crippen molar-refractivity contribution in [3.05, 3.63) is 28.6 Å². The van der Waals surface area contributed by atoms with Gasteiger partial charge in [0.1, 0.15) is 5.75 Å². The highest BCUT2D eigenvalue weighted by Crippen LogP contribution is 2.40. The normalized spacial score (nSPS) is 25.9. The molecule has 29 heavy (non-hydrogen) atoms. The minimum Gasteiger partial charge on any atom is -0.482 e. The van der Waals surface area contributed by atoms with Gasteiger partial charge in [-0.15, -0.1) is 11.3 Å². The minimum absolute atomic E-state index is 0.0606. The second-order valence-corrected chi connectivity index (χ2v) is 9.63. The molecule has 5 rings (SSSR count). The van der Waals surface area contributed by atoms with Crippen LogP contribution in [0.15, 0.2) is 18.2 Å². The lowest BCUT2D eigenvalue weighted by Crippen LogP contribution is -2.69. The molecule has 3 aliphatic rings. The van der Waals surface area contributed by atoms with E-state index < -0.39 is 12.8 Å². The van der Waals surface area contributed by atoms with Crippen molar-refractivity contribution in [2.75, 3.05) is 19.7 Å². The van der Waals surface area contributed by atoms with E-state index in [1.165, 1.54) is 11.3 Å². The summed E-state index contributed by atoms with van der Waals surface area (Å²) in [5, 5.41) is 3.94. The Hall–Kier alpha value is -1.80. The SMILES string of the molecule is Cc1ccc2cc(C(=O)N[C@@H]3C4CCN(CC4)C3(C)C)sc2c1OCC(F)(F)F. The van der Waals surface area contributed by atoms with Crippen molar-refractivity contribution in [1.82, 2.24) is 10.2 Å². The third kappa shape index (κ3) is 3.84. The first kappa shape index (κ1) is 20.5. The smallest absolute Gasteiger partial charge is 0.422 e. The number of carbonyl (C=O) groups is 1. The monoisotopic (exact) mass is 426 g/mol. The standard InChI is InChI=1S/C21H25F3N2O2S/c1-12-4-5-14-10-15(29-17(14)16(12)28-11-21(22,23)24)19(27)25-18-13-6-8-26(9-7-13)20(18,2)3/h4-5,10,13,18H,6-9,11H2,1-3H3,(H,25,27)/t18-/m1/s1. The van der Waals surface area contributed by atoms with Gasteiger partial charge in [-0.05, 0) is 69.6 Å². The summed E-state index contributed by atoms with van der Waals surface area (Å²) < 4.78 is 43.5. The number of halogens is 3. The summed E-state index contributed by atoms with van der Waals surface area (Å²) in [5.41, 5.74) is 0.513. The second-order valence-electron chi connectivity index (χ2n) is 8.57. The molecule has 1 atom stereocenters. The summed E-state index contributed by atoms with van der Waals surface area (Å²) in [7, 11) is 0. The molecule has 4 nitrogen and oxygen atoms in total. The highest BCUT2D eigenvalue weighted by atomic mass is 32.1. The summed E-state index contributed by atoms with van der Waals surface area (Å²) in [4.78, 5) is 15.9. The van der Waals surface area contributed by atoms with Crippen LogP contribution >= 0.6 is 11.3 Å². The largest absolute Gasteiger partial charge is 0.482 e. The quantitative estimate of drug-likeness (QED) is 0.767. The van der Waals surface area contributed by atoms with E-state index >= 15 is 0 Å². The summed E-state index contributed by atoms with van der Waals surface area (Å²) in [6, 6.07) is 5.34. The van der Waals surface area contributed by atoms with Gasteiger partial charge in [-0.25, -0.2) is 0 Å². The zero-order valence-corrected chi connectivity index (χ0v) is 17.5. The lowest BCUT2D eigenvalue weighted by Gasteiger charge is -2.56. The van der Waals surface area contributed by atoms with Gasteiger partial charge in [-0.3, -0.25) is 9.69 Å². The molecule has 1 N–H and O–H groups in total. The Morgan fingerprint density at radius 1 is 1.31 bits per heavy atom. The van der Waals surface area contributed by atoms with Crippen molar-refractivity contribution in [2.24, 2.45) is 5.92 Å². The van der Waals surface area contributed by atoms with Crippen LogP contribution in [0.25, 0.3) is 10.1 Å². The molecule has 3 aliphatic heterocycles. The fourth-order valence-electron chi connectivity index (χ4n) is 4.71. The van der Waals surface area contributed by atoms with Crippen LogP contribution in [0, 0.1) is 12.8 Å². The number of fused-ring (bicyclic) bond motifs is 4. The maximum atomic E-state index is 13.0. The molecule has 0 radical (unpaired) electrons. The van der Waals surface area contributed by atoms with Crippen LogP contribution in [0.4, 0.5) is 13.2 Å². The van der Waals surface area contributed by atoms with Gasteiger partial charge in [0.25, 0.3) is 5.91 Å². The van der Waals surface area contributed by atoms with Crippen molar-refractivity contribution < 1.29 is 22.7 Å². The lowest BCUT2D eigenvalue weighted by molar-refractivity contribution is -0.153. The number of hydrogen-bond donors (Lipinski definition) is 1. The van der Waals surface area contributed by atoms with E-state index in [2.05, 4.69) is 24.1 Å². The van der Waals surface area contributed by atoms with Gasteiger partial charge < -0.3 is 10.1 Å². The van der Waals surface area contributed by atoms with E-state index in [9.17, 15) is 18.0 Å². The Labute approximate surface area is 172 Å². The topological polar surface area (TPSA) is 41.6 Å². The molecule has 8 heteroatoms. The third-order valence-corrected chi connectivity index (χ3v) is 7.46. The van der Waals surface area contributed by atoms with Gasteiger partial charge in [0.15, 0.2) is 6.61 Å². The highest BCUT2D eigenvalue weighted by molar-refractivity contribution is 7.21. The van der Waals surface area contributed by atoms with E-state index in [1.807, 2.05) is 6.07 Å². The molecule has 3 fully saturated rings. The van der Waals surface area contributed by atoms with Crippen molar-refractivity contribution in [1.29, 1.82) is 0 Å². The number of ether oxygens (including phenoxy) is 1. The Kier molecular flexibility index (Phi) is 5.06. The molecule has 0 spiro atoms. The summed E-state index contributed by atoms with van der Waals surface area (Å²) in [5.74, 6) is 0.491.